The van der Waals surface area contributed by atoms with Gasteiger partial charge in [0.1, 0.15) is 18.2 Å². The Morgan fingerprint density at radius 2 is 1.66 bits per heavy atom. The number of rotatable bonds is 7. The summed E-state index contributed by atoms with van der Waals surface area (Å²) in [6, 6.07) is 18.7. The molecule has 1 amide bonds. The predicted octanol–water partition coefficient (Wildman–Crippen LogP) is 6.10. The van der Waals surface area contributed by atoms with Crippen molar-refractivity contribution in [1.29, 1.82) is 0 Å². The highest BCUT2D eigenvalue weighted by Gasteiger charge is 2.35. The highest BCUT2D eigenvalue weighted by atomic mass is 19.4. The number of carbonyl (C=O) groups excluding carboxylic acids is 1. The maximum absolute atomic E-state index is 14.4. The van der Waals surface area contributed by atoms with Crippen LogP contribution in [0.5, 0.6) is 5.75 Å². The van der Waals surface area contributed by atoms with Crippen LogP contribution < -0.4 is 10.3 Å². The van der Waals surface area contributed by atoms with Crippen LogP contribution in [0.3, 0.4) is 0 Å². The van der Waals surface area contributed by atoms with Gasteiger partial charge in [0.2, 0.25) is 5.75 Å². The zero-order valence-corrected chi connectivity index (χ0v) is 22.4. The molecule has 1 aromatic heterocycles. The molecule has 41 heavy (non-hydrogen) atoms. The van der Waals surface area contributed by atoms with Gasteiger partial charge in [-0.05, 0) is 48.2 Å². The highest BCUT2D eigenvalue weighted by molar-refractivity contribution is 5.96. The van der Waals surface area contributed by atoms with E-state index in [9.17, 15) is 27.2 Å². The summed E-state index contributed by atoms with van der Waals surface area (Å²) in [4.78, 5) is 32.9. The van der Waals surface area contributed by atoms with Crippen LogP contribution >= 0.6 is 0 Å². The minimum Gasteiger partial charge on any atom is -0.481 e. The van der Waals surface area contributed by atoms with Gasteiger partial charge < -0.3 is 14.2 Å². The molecule has 4 aromatic rings. The Balaban J connectivity index is 1.56. The quantitative estimate of drug-likeness (QED) is 0.254. The number of fused-ring (bicyclic) bond motifs is 1. The molecule has 212 valence electrons. The van der Waals surface area contributed by atoms with Crippen LogP contribution in [0.4, 0.5) is 17.6 Å². The van der Waals surface area contributed by atoms with Gasteiger partial charge in [0.15, 0.2) is 5.69 Å². The van der Waals surface area contributed by atoms with Gasteiger partial charge in [-0.25, -0.2) is 4.39 Å². The molecule has 0 bridgehead atoms. The lowest BCUT2D eigenvalue weighted by molar-refractivity contribution is -0.139. The molecule has 0 radical (unpaired) electrons. The number of alkyl halides is 3. The molecule has 0 spiro atoms. The fourth-order valence-corrected chi connectivity index (χ4v) is 5.01. The van der Waals surface area contributed by atoms with Gasteiger partial charge >= 0.3 is 11.7 Å². The van der Waals surface area contributed by atoms with Crippen molar-refractivity contribution in [3.05, 3.63) is 117 Å². The number of halogens is 4. The van der Waals surface area contributed by atoms with Gasteiger partial charge in [-0.3, -0.25) is 9.59 Å². The number of hydrogen-bond acceptors (Lipinski definition) is 4. The number of nitrogens with zero attached hydrogens (tertiary/aromatic N) is 3. The molecule has 3 aromatic carbocycles. The average Bonchev–Trinajstić information content (AvgIpc) is 2.93. The van der Waals surface area contributed by atoms with E-state index in [1.807, 2.05) is 44.2 Å². The third kappa shape index (κ3) is 5.73. The third-order valence-corrected chi connectivity index (χ3v) is 7.05. The molecular formula is C31H27F4N3O3. The molecule has 0 fully saturated rings. The molecule has 0 N–H and O–H groups in total. The first kappa shape index (κ1) is 28.1. The van der Waals surface area contributed by atoms with Gasteiger partial charge in [-0.15, -0.1) is 0 Å². The Morgan fingerprint density at radius 3 is 2.34 bits per heavy atom. The Hall–Kier alpha value is -4.47. The van der Waals surface area contributed by atoms with Crippen molar-refractivity contribution in [3.8, 4) is 16.9 Å². The first-order chi connectivity index (χ1) is 19.5. The summed E-state index contributed by atoms with van der Waals surface area (Å²) < 4.78 is 61.3. The minimum atomic E-state index is -4.81. The molecule has 1 aliphatic heterocycles. The van der Waals surface area contributed by atoms with Gasteiger partial charge in [-0.2, -0.15) is 18.2 Å². The van der Waals surface area contributed by atoms with Crippen LogP contribution in [-0.4, -0.2) is 32.9 Å². The van der Waals surface area contributed by atoms with E-state index in [4.69, 9.17) is 4.74 Å². The fourth-order valence-electron chi connectivity index (χ4n) is 5.01. The number of carbonyl (C=O) groups is 1. The molecule has 0 unspecified atom stereocenters. The summed E-state index contributed by atoms with van der Waals surface area (Å²) in [5.41, 5.74) is 0.214. The lowest BCUT2D eigenvalue weighted by Crippen LogP contribution is -2.46. The Bertz CT molecular complexity index is 1650. The monoisotopic (exact) mass is 565 g/mol. The number of benzene rings is 3. The van der Waals surface area contributed by atoms with Crippen LogP contribution in [0, 0.1) is 5.82 Å². The summed E-state index contributed by atoms with van der Waals surface area (Å²) >= 11 is 0. The second-order valence-corrected chi connectivity index (χ2v) is 10.1. The highest BCUT2D eigenvalue weighted by Crippen LogP contribution is 2.35. The largest absolute Gasteiger partial charge is 0.481 e. The van der Waals surface area contributed by atoms with Crippen LogP contribution in [0.25, 0.3) is 11.1 Å². The lowest BCUT2D eigenvalue weighted by Gasteiger charge is -2.34. The fraction of sp³-hybridized carbons (Fsp3) is 0.258. The number of ether oxygens (including phenoxy) is 1. The Kier molecular flexibility index (Phi) is 7.66. The standard InChI is InChI=1S/C31H27F4N3O3/c1-19(2)37-14-15-38-26(36-29(39)28(27(38)30(37)40)41-18-20-8-4-3-5-9-20)17-21-10-6-7-11-23(21)22-12-13-24(25(32)16-22)31(33,34)35/h3-13,16,19H,14-15,17-18H2,1-2H3. The van der Waals surface area contributed by atoms with Crippen molar-refractivity contribution in [2.75, 3.05) is 6.54 Å². The SMILES string of the molecule is CC(C)N1CCn2c(Cc3ccccc3-c3ccc(C(F)(F)F)c(F)c3)nc(=O)c(OCc3ccccc3)c2C1=O. The van der Waals surface area contributed by atoms with E-state index >= 15 is 0 Å². The molecule has 2 heterocycles. The number of hydrogen-bond donors (Lipinski definition) is 0. The van der Waals surface area contributed by atoms with E-state index in [0.717, 1.165) is 11.6 Å². The average molecular weight is 566 g/mol. The molecular weight excluding hydrogens is 538 g/mol. The summed E-state index contributed by atoms with van der Waals surface area (Å²) in [6.07, 6.45) is -4.73. The summed E-state index contributed by atoms with van der Waals surface area (Å²) in [7, 11) is 0. The maximum Gasteiger partial charge on any atom is 0.419 e. The van der Waals surface area contributed by atoms with Gasteiger partial charge in [-0.1, -0.05) is 60.7 Å². The predicted molar refractivity (Wildman–Crippen MR) is 145 cm³/mol. The van der Waals surface area contributed by atoms with Crippen LogP contribution in [0.1, 0.15) is 46.9 Å². The zero-order chi connectivity index (χ0) is 29.3. The molecule has 0 atom stereocenters. The Labute approximate surface area is 233 Å². The zero-order valence-electron chi connectivity index (χ0n) is 22.4. The van der Waals surface area contributed by atoms with Crippen molar-refractivity contribution in [2.24, 2.45) is 0 Å². The van der Waals surface area contributed by atoms with Crippen molar-refractivity contribution in [1.82, 2.24) is 14.5 Å². The topological polar surface area (TPSA) is 64.4 Å². The van der Waals surface area contributed by atoms with Crippen molar-refractivity contribution >= 4 is 5.91 Å². The first-order valence-electron chi connectivity index (χ1n) is 13.1. The second-order valence-electron chi connectivity index (χ2n) is 10.1. The molecule has 5 rings (SSSR count). The molecule has 10 heteroatoms. The van der Waals surface area contributed by atoms with E-state index in [-0.39, 0.29) is 42.0 Å². The van der Waals surface area contributed by atoms with Gasteiger partial charge in [0.05, 0.1) is 5.56 Å². The molecule has 0 saturated heterocycles. The minimum absolute atomic E-state index is 0.0708. The van der Waals surface area contributed by atoms with Crippen molar-refractivity contribution in [2.45, 2.75) is 45.6 Å². The molecule has 6 nitrogen and oxygen atoms in total. The number of amides is 1. The van der Waals surface area contributed by atoms with Crippen molar-refractivity contribution in [3.63, 3.8) is 0 Å². The summed E-state index contributed by atoms with van der Waals surface area (Å²) in [5, 5.41) is 0. The van der Waals surface area contributed by atoms with Gasteiger partial charge in [0, 0.05) is 25.6 Å². The van der Waals surface area contributed by atoms with Crippen LogP contribution in [0.15, 0.2) is 77.6 Å². The van der Waals surface area contributed by atoms with E-state index in [2.05, 4.69) is 4.98 Å². The van der Waals surface area contributed by atoms with E-state index in [0.29, 0.717) is 36.1 Å². The second kappa shape index (κ2) is 11.2. The van der Waals surface area contributed by atoms with E-state index in [1.54, 1.807) is 33.7 Å². The van der Waals surface area contributed by atoms with E-state index in [1.165, 1.54) is 6.07 Å². The van der Waals surface area contributed by atoms with E-state index < -0.39 is 23.1 Å². The smallest absolute Gasteiger partial charge is 0.419 e. The van der Waals surface area contributed by atoms with Crippen LogP contribution in [-0.2, 0) is 25.7 Å². The molecule has 0 aliphatic carbocycles. The lowest BCUT2D eigenvalue weighted by atomic mass is 9.96. The molecule has 1 aliphatic rings. The maximum atomic E-state index is 14.4. The normalized spacial score (nSPS) is 13.4. The summed E-state index contributed by atoms with van der Waals surface area (Å²) in [5.74, 6) is -1.57. The Morgan fingerprint density at radius 1 is 0.951 bits per heavy atom. The third-order valence-electron chi connectivity index (χ3n) is 7.05. The number of aromatic nitrogens is 2. The van der Waals surface area contributed by atoms with Gasteiger partial charge in [0.25, 0.3) is 5.91 Å². The van der Waals surface area contributed by atoms with Crippen molar-refractivity contribution < 1.29 is 27.1 Å². The molecule has 0 saturated carbocycles. The van der Waals surface area contributed by atoms with Crippen LogP contribution in [0.2, 0.25) is 0 Å². The summed E-state index contributed by atoms with van der Waals surface area (Å²) in [6.45, 7) is 4.60. The first-order valence-corrected chi connectivity index (χ1v) is 13.1.